The summed E-state index contributed by atoms with van der Waals surface area (Å²) in [5.74, 6) is 0. The zero-order valence-electron chi connectivity index (χ0n) is 11.2. The fourth-order valence-electron chi connectivity index (χ4n) is 2.77. The van der Waals surface area contributed by atoms with Gasteiger partial charge in [0.1, 0.15) is 0 Å². The SMILES string of the molecule is C=C[C@@]1(C)CN(Cc2ccccc2)CC1(C)C. The Kier molecular flexibility index (Phi) is 3.13. The van der Waals surface area contributed by atoms with Gasteiger partial charge in [0.15, 0.2) is 0 Å². The Morgan fingerprint density at radius 2 is 1.82 bits per heavy atom. The van der Waals surface area contributed by atoms with Gasteiger partial charge in [-0.25, -0.2) is 0 Å². The summed E-state index contributed by atoms with van der Waals surface area (Å²) >= 11 is 0. The summed E-state index contributed by atoms with van der Waals surface area (Å²) in [6, 6.07) is 10.7. The number of benzene rings is 1. The quantitative estimate of drug-likeness (QED) is 0.714. The minimum Gasteiger partial charge on any atom is -0.298 e. The van der Waals surface area contributed by atoms with Crippen LogP contribution in [0.4, 0.5) is 0 Å². The van der Waals surface area contributed by atoms with E-state index < -0.39 is 0 Å². The van der Waals surface area contributed by atoms with Gasteiger partial charge in [-0.15, -0.1) is 6.58 Å². The second-order valence-corrected chi connectivity index (χ2v) is 6.14. The van der Waals surface area contributed by atoms with Crippen molar-refractivity contribution in [2.24, 2.45) is 10.8 Å². The molecule has 17 heavy (non-hydrogen) atoms. The summed E-state index contributed by atoms with van der Waals surface area (Å²) in [5, 5.41) is 0. The van der Waals surface area contributed by atoms with E-state index in [0.29, 0.717) is 5.41 Å². The van der Waals surface area contributed by atoms with E-state index in [4.69, 9.17) is 0 Å². The van der Waals surface area contributed by atoms with Gasteiger partial charge in [0, 0.05) is 25.0 Å². The van der Waals surface area contributed by atoms with Crippen molar-refractivity contribution in [3.05, 3.63) is 48.6 Å². The van der Waals surface area contributed by atoms with Crippen LogP contribution < -0.4 is 0 Å². The van der Waals surface area contributed by atoms with E-state index in [2.05, 4.69) is 68.7 Å². The normalized spacial score (nSPS) is 28.2. The maximum absolute atomic E-state index is 4.02. The molecule has 1 aliphatic heterocycles. The van der Waals surface area contributed by atoms with Crippen molar-refractivity contribution >= 4 is 0 Å². The summed E-state index contributed by atoms with van der Waals surface area (Å²) in [5.41, 5.74) is 1.93. The van der Waals surface area contributed by atoms with Gasteiger partial charge in [0.2, 0.25) is 0 Å². The van der Waals surface area contributed by atoms with E-state index in [-0.39, 0.29) is 5.41 Å². The second kappa shape index (κ2) is 4.30. The molecule has 1 aromatic rings. The molecule has 1 aliphatic rings. The largest absolute Gasteiger partial charge is 0.298 e. The fourth-order valence-corrected chi connectivity index (χ4v) is 2.77. The van der Waals surface area contributed by atoms with Gasteiger partial charge in [0.25, 0.3) is 0 Å². The van der Waals surface area contributed by atoms with Crippen LogP contribution in [0.2, 0.25) is 0 Å². The third-order valence-electron chi connectivity index (χ3n) is 4.42. The first kappa shape index (κ1) is 12.4. The molecule has 1 atom stereocenters. The summed E-state index contributed by atoms with van der Waals surface area (Å²) < 4.78 is 0. The van der Waals surface area contributed by atoms with Crippen molar-refractivity contribution in [1.82, 2.24) is 4.90 Å². The molecule has 1 heteroatoms. The van der Waals surface area contributed by atoms with E-state index in [1.165, 1.54) is 5.56 Å². The molecule has 2 rings (SSSR count). The zero-order valence-corrected chi connectivity index (χ0v) is 11.2. The lowest BCUT2D eigenvalue weighted by Crippen LogP contribution is -2.31. The highest BCUT2D eigenvalue weighted by Gasteiger charge is 2.46. The van der Waals surface area contributed by atoms with Gasteiger partial charge >= 0.3 is 0 Å². The first-order chi connectivity index (χ1) is 7.97. The fraction of sp³-hybridized carbons (Fsp3) is 0.500. The molecule has 0 radical (unpaired) electrons. The molecular formula is C16H23N. The maximum atomic E-state index is 4.02. The summed E-state index contributed by atoms with van der Waals surface area (Å²) in [4.78, 5) is 2.54. The number of likely N-dealkylation sites (tertiary alicyclic amines) is 1. The van der Waals surface area contributed by atoms with Gasteiger partial charge in [-0.05, 0) is 11.0 Å². The summed E-state index contributed by atoms with van der Waals surface area (Å²) in [7, 11) is 0. The molecule has 0 N–H and O–H groups in total. The van der Waals surface area contributed by atoms with Gasteiger partial charge in [0.05, 0.1) is 0 Å². The highest BCUT2D eigenvalue weighted by Crippen LogP contribution is 2.46. The lowest BCUT2D eigenvalue weighted by molar-refractivity contribution is 0.220. The lowest BCUT2D eigenvalue weighted by atomic mass is 9.70. The number of hydrogen-bond donors (Lipinski definition) is 0. The van der Waals surface area contributed by atoms with E-state index in [0.717, 1.165) is 19.6 Å². The Hall–Kier alpha value is -1.08. The van der Waals surface area contributed by atoms with Crippen molar-refractivity contribution in [2.45, 2.75) is 27.3 Å². The molecule has 0 amide bonds. The van der Waals surface area contributed by atoms with Gasteiger partial charge in [-0.2, -0.15) is 0 Å². The molecule has 0 spiro atoms. The van der Waals surface area contributed by atoms with Crippen molar-refractivity contribution in [2.75, 3.05) is 13.1 Å². The average Bonchev–Trinajstić information content (AvgIpc) is 2.51. The Morgan fingerprint density at radius 3 is 2.35 bits per heavy atom. The third kappa shape index (κ3) is 2.30. The highest BCUT2D eigenvalue weighted by molar-refractivity contribution is 5.16. The van der Waals surface area contributed by atoms with E-state index in [1.54, 1.807) is 0 Å². The van der Waals surface area contributed by atoms with Crippen LogP contribution >= 0.6 is 0 Å². The smallest absolute Gasteiger partial charge is 0.0234 e. The Bertz CT molecular complexity index is 393. The first-order valence-corrected chi connectivity index (χ1v) is 6.37. The first-order valence-electron chi connectivity index (χ1n) is 6.37. The number of nitrogens with zero attached hydrogens (tertiary/aromatic N) is 1. The Labute approximate surface area is 105 Å². The molecule has 0 unspecified atom stereocenters. The molecule has 1 aromatic carbocycles. The molecule has 92 valence electrons. The Morgan fingerprint density at radius 1 is 1.18 bits per heavy atom. The topological polar surface area (TPSA) is 3.24 Å². The van der Waals surface area contributed by atoms with E-state index in [1.807, 2.05) is 0 Å². The molecule has 0 bridgehead atoms. The third-order valence-corrected chi connectivity index (χ3v) is 4.42. The minimum atomic E-state index is 0.224. The van der Waals surface area contributed by atoms with Gasteiger partial charge in [-0.1, -0.05) is 57.2 Å². The van der Waals surface area contributed by atoms with Crippen molar-refractivity contribution in [3.63, 3.8) is 0 Å². The van der Waals surface area contributed by atoms with Crippen LogP contribution in [-0.4, -0.2) is 18.0 Å². The molecule has 1 nitrogen and oxygen atoms in total. The molecule has 1 fully saturated rings. The van der Waals surface area contributed by atoms with Crippen LogP contribution in [0.15, 0.2) is 43.0 Å². The lowest BCUT2D eigenvalue weighted by Gasteiger charge is -2.33. The second-order valence-electron chi connectivity index (χ2n) is 6.14. The maximum Gasteiger partial charge on any atom is 0.0234 e. The highest BCUT2D eigenvalue weighted by atomic mass is 15.2. The predicted molar refractivity (Wildman–Crippen MR) is 73.8 cm³/mol. The zero-order chi connectivity index (χ0) is 12.5. The van der Waals surface area contributed by atoms with Gasteiger partial charge < -0.3 is 0 Å². The minimum absolute atomic E-state index is 0.224. The molecule has 0 aromatic heterocycles. The van der Waals surface area contributed by atoms with Crippen LogP contribution in [0.3, 0.4) is 0 Å². The Balaban J connectivity index is 2.10. The van der Waals surface area contributed by atoms with E-state index in [9.17, 15) is 0 Å². The predicted octanol–water partition coefficient (Wildman–Crippen LogP) is 3.72. The van der Waals surface area contributed by atoms with Crippen molar-refractivity contribution in [3.8, 4) is 0 Å². The van der Waals surface area contributed by atoms with Crippen LogP contribution in [-0.2, 0) is 6.54 Å². The molecule has 1 saturated heterocycles. The summed E-state index contributed by atoms with van der Waals surface area (Å²) in [6.07, 6.45) is 2.14. The standard InChI is InChI=1S/C16H23N/c1-5-16(4)13-17(12-15(16,2)3)11-14-9-7-6-8-10-14/h5-10H,1,11-13H2,2-4H3/t16-/m0/s1. The van der Waals surface area contributed by atoms with Gasteiger partial charge in [-0.3, -0.25) is 4.90 Å². The molecular weight excluding hydrogens is 206 g/mol. The number of hydrogen-bond acceptors (Lipinski definition) is 1. The number of rotatable bonds is 3. The van der Waals surface area contributed by atoms with Crippen LogP contribution in [0.5, 0.6) is 0 Å². The van der Waals surface area contributed by atoms with Crippen LogP contribution in [0, 0.1) is 10.8 Å². The van der Waals surface area contributed by atoms with Crippen LogP contribution in [0.25, 0.3) is 0 Å². The summed E-state index contributed by atoms with van der Waals surface area (Å²) in [6.45, 7) is 14.3. The van der Waals surface area contributed by atoms with Crippen molar-refractivity contribution in [1.29, 1.82) is 0 Å². The van der Waals surface area contributed by atoms with Crippen LogP contribution in [0.1, 0.15) is 26.3 Å². The van der Waals surface area contributed by atoms with E-state index >= 15 is 0 Å². The monoisotopic (exact) mass is 229 g/mol. The molecule has 0 aliphatic carbocycles. The molecule has 1 heterocycles. The van der Waals surface area contributed by atoms with Crippen molar-refractivity contribution < 1.29 is 0 Å². The molecule has 0 saturated carbocycles. The average molecular weight is 229 g/mol.